The molecule has 0 radical (unpaired) electrons. The number of hydrogen-bond acceptors (Lipinski definition) is 6. The molecule has 14 heteroatoms. The van der Waals surface area contributed by atoms with Crippen LogP contribution in [0, 0.1) is 27.7 Å². The van der Waals surface area contributed by atoms with Crippen molar-refractivity contribution in [1.29, 1.82) is 0 Å². The molecule has 12 nitrogen and oxygen atoms in total. The Bertz CT molecular complexity index is 2630. The summed E-state index contributed by atoms with van der Waals surface area (Å²) in [5.74, 6) is -0.677. The van der Waals surface area contributed by atoms with Crippen LogP contribution in [0.15, 0.2) is 42.5 Å². The highest BCUT2D eigenvalue weighted by molar-refractivity contribution is 6.35. The second-order valence-corrected chi connectivity index (χ2v) is 16.5. The number of halogens is 2. The smallest absolute Gasteiger partial charge is 0.340 e. The summed E-state index contributed by atoms with van der Waals surface area (Å²) in [6, 6.07) is 12.6. The van der Waals surface area contributed by atoms with Gasteiger partial charge in [0.05, 0.1) is 28.4 Å². The number of benzene rings is 3. The van der Waals surface area contributed by atoms with E-state index in [0.717, 1.165) is 55.9 Å². The Morgan fingerprint density at radius 3 is 2.34 bits per heavy atom. The van der Waals surface area contributed by atoms with Crippen LogP contribution in [0.2, 0.25) is 10.0 Å². The zero-order chi connectivity index (χ0) is 41.9. The molecule has 2 N–H and O–H groups in total. The SMILES string of the molecule is Cc1cc(OCCCc2c3n(c4c(-c5c(C)nn(C)c5C)c(Cl)ccc24)[C@H](C)CN(c2c(C(=O)O)c4cc(NC(=O)CCN(C)C)ccc4n2C)C3=O)cc(C)c1Cl. The average molecular weight is 827 g/mol. The zero-order valence-corrected chi connectivity index (χ0v) is 35.9. The summed E-state index contributed by atoms with van der Waals surface area (Å²) in [6.45, 7) is 11.1. The van der Waals surface area contributed by atoms with Crippen LogP contribution in [0.1, 0.15) is 74.7 Å². The number of hydrogen-bond donors (Lipinski definition) is 2. The van der Waals surface area contributed by atoms with E-state index in [-0.39, 0.29) is 42.2 Å². The molecule has 1 aliphatic heterocycles. The first kappa shape index (κ1) is 40.9. The van der Waals surface area contributed by atoms with Crippen molar-refractivity contribution in [2.24, 2.45) is 14.1 Å². The predicted molar refractivity (Wildman–Crippen MR) is 231 cm³/mol. The van der Waals surface area contributed by atoms with Crippen LogP contribution in [0.4, 0.5) is 11.5 Å². The molecular weight excluding hydrogens is 777 g/mol. The van der Waals surface area contributed by atoms with Gasteiger partial charge in [0.15, 0.2) is 0 Å². The largest absolute Gasteiger partial charge is 0.494 e. The molecule has 1 aliphatic rings. The van der Waals surface area contributed by atoms with E-state index in [4.69, 9.17) is 33.0 Å². The Morgan fingerprint density at radius 1 is 1.00 bits per heavy atom. The number of fused-ring (bicyclic) bond motifs is 4. The summed E-state index contributed by atoms with van der Waals surface area (Å²) >= 11 is 13.5. The van der Waals surface area contributed by atoms with Crippen LogP contribution in [0.3, 0.4) is 0 Å². The number of amides is 2. The van der Waals surface area contributed by atoms with Gasteiger partial charge in [-0.05, 0) is 115 Å². The maximum Gasteiger partial charge on any atom is 0.340 e. The first-order valence-electron chi connectivity index (χ1n) is 19.4. The van der Waals surface area contributed by atoms with Crippen molar-refractivity contribution in [3.05, 3.63) is 91.8 Å². The van der Waals surface area contributed by atoms with Crippen molar-refractivity contribution in [3.8, 4) is 16.9 Å². The van der Waals surface area contributed by atoms with Crippen LogP contribution in [-0.4, -0.2) is 80.5 Å². The van der Waals surface area contributed by atoms with Gasteiger partial charge in [0, 0.05) is 78.0 Å². The Labute approximate surface area is 347 Å². The molecule has 3 aromatic carbocycles. The van der Waals surface area contributed by atoms with E-state index in [1.165, 1.54) is 0 Å². The molecule has 3 aromatic heterocycles. The number of carbonyl (C=O) groups is 3. The van der Waals surface area contributed by atoms with Crippen LogP contribution in [0.5, 0.6) is 5.75 Å². The number of anilines is 2. The van der Waals surface area contributed by atoms with Crippen molar-refractivity contribution < 1.29 is 24.2 Å². The fraction of sp³-hybridized carbons (Fsp3) is 0.364. The Morgan fingerprint density at radius 2 is 1.71 bits per heavy atom. The maximum absolute atomic E-state index is 15.3. The maximum atomic E-state index is 15.3. The Kier molecular flexibility index (Phi) is 11.1. The third-order valence-electron chi connectivity index (χ3n) is 11.3. The van der Waals surface area contributed by atoms with Gasteiger partial charge >= 0.3 is 5.97 Å². The quantitative estimate of drug-likeness (QED) is 0.118. The summed E-state index contributed by atoms with van der Waals surface area (Å²) in [6.07, 6.45) is 1.38. The Balaban J connectivity index is 1.35. The second-order valence-electron chi connectivity index (χ2n) is 15.7. The number of rotatable bonds is 12. The van der Waals surface area contributed by atoms with Crippen molar-refractivity contribution in [2.45, 2.75) is 59.9 Å². The summed E-state index contributed by atoms with van der Waals surface area (Å²) in [7, 11) is 7.46. The van der Waals surface area contributed by atoms with E-state index < -0.39 is 5.97 Å². The van der Waals surface area contributed by atoms with Crippen molar-refractivity contribution in [3.63, 3.8) is 0 Å². The summed E-state index contributed by atoms with van der Waals surface area (Å²) < 4.78 is 11.9. The number of carboxylic acid groups (broad SMARTS) is 1. The fourth-order valence-electron chi connectivity index (χ4n) is 8.50. The number of aromatic nitrogens is 4. The molecule has 0 bridgehead atoms. The highest BCUT2D eigenvalue weighted by atomic mass is 35.5. The highest BCUT2D eigenvalue weighted by Gasteiger charge is 2.40. The minimum atomic E-state index is -1.18. The van der Waals surface area contributed by atoms with Gasteiger partial charge in [0.1, 0.15) is 22.8 Å². The van der Waals surface area contributed by atoms with Crippen LogP contribution >= 0.6 is 23.2 Å². The van der Waals surface area contributed by atoms with E-state index in [1.807, 2.05) is 89.6 Å². The topological polar surface area (TPSA) is 127 Å². The standard InChI is InChI=1S/C44H49Cl2N7O5/c1-23-19-29(20-24(2)39(23)46)58-18-10-11-30-31-13-14-33(45)38(36-26(4)48-51(9)27(36)5)40(31)53-25(3)22-52(43(55)41(30)53)42-37(44(56)57)32-21-28(12-15-34(32)50(42)8)47-35(54)16-17-49(6)7/h12-15,19-21,25H,10-11,16-18,22H2,1-9H3,(H,47,54)(H,56,57)/t25-/m1/s1. The molecule has 0 saturated carbocycles. The summed E-state index contributed by atoms with van der Waals surface area (Å²) in [5, 5.41) is 21.0. The van der Waals surface area contributed by atoms with Crippen molar-refractivity contribution in [1.82, 2.24) is 23.8 Å². The minimum Gasteiger partial charge on any atom is -0.494 e. The lowest BCUT2D eigenvalue weighted by Crippen LogP contribution is -2.44. The predicted octanol–water partition coefficient (Wildman–Crippen LogP) is 8.90. The lowest BCUT2D eigenvalue weighted by molar-refractivity contribution is -0.116. The molecule has 0 spiro atoms. The highest BCUT2D eigenvalue weighted by Crippen LogP contribution is 2.46. The number of aryl methyl sites for hydroxylation is 6. The lowest BCUT2D eigenvalue weighted by atomic mass is 9.98. The number of carbonyl (C=O) groups excluding carboxylic acids is 2. The van der Waals surface area contributed by atoms with Crippen molar-refractivity contribution in [2.75, 3.05) is 44.0 Å². The average Bonchev–Trinajstić information content (AvgIpc) is 3.74. The molecule has 4 heterocycles. The van der Waals surface area contributed by atoms with E-state index in [2.05, 4.69) is 9.88 Å². The molecule has 0 saturated heterocycles. The van der Waals surface area contributed by atoms with Gasteiger partial charge in [-0.1, -0.05) is 29.3 Å². The summed E-state index contributed by atoms with van der Waals surface area (Å²) in [5.41, 5.74) is 8.58. The molecule has 58 heavy (non-hydrogen) atoms. The molecule has 7 rings (SSSR count). The molecule has 2 amide bonds. The number of carboxylic acids is 1. The molecule has 6 aromatic rings. The van der Waals surface area contributed by atoms with Crippen LogP contribution in [0.25, 0.3) is 32.9 Å². The Hall–Kier alpha value is -5.30. The molecule has 0 fully saturated rings. The minimum absolute atomic E-state index is 0.0131. The van der Waals surface area contributed by atoms with Gasteiger partial charge in [0.25, 0.3) is 5.91 Å². The number of nitrogens with one attached hydrogen (secondary N) is 1. The number of ether oxygens (including phenoxy) is 1. The van der Waals surface area contributed by atoms with Crippen LogP contribution < -0.4 is 15.0 Å². The van der Waals surface area contributed by atoms with E-state index in [1.54, 1.807) is 34.7 Å². The second kappa shape index (κ2) is 15.8. The van der Waals surface area contributed by atoms with Gasteiger partial charge < -0.3 is 29.2 Å². The monoisotopic (exact) mass is 825 g/mol. The molecule has 0 unspecified atom stereocenters. The van der Waals surface area contributed by atoms with E-state index in [9.17, 15) is 14.7 Å². The van der Waals surface area contributed by atoms with Gasteiger partial charge in [-0.2, -0.15) is 5.10 Å². The zero-order valence-electron chi connectivity index (χ0n) is 34.4. The molecule has 0 aliphatic carbocycles. The normalized spacial score (nSPS) is 14.2. The van der Waals surface area contributed by atoms with E-state index in [0.29, 0.717) is 58.3 Å². The third-order valence-corrected chi connectivity index (χ3v) is 12.2. The van der Waals surface area contributed by atoms with Gasteiger partial charge in [-0.15, -0.1) is 0 Å². The molecule has 304 valence electrons. The van der Waals surface area contributed by atoms with Crippen molar-refractivity contribution >= 4 is 74.3 Å². The van der Waals surface area contributed by atoms with Crippen LogP contribution in [-0.2, 0) is 25.3 Å². The first-order chi connectivity index (χ1) is 27.5. The summed E-state index contributed by atoms with van der Waals surface area (Å²) in [4.78, 5) is 44.7. The molecular formula is C44H49Cl2N7O5. The number of aromatic carboxylic acids is 1. The lowest BCUT2D eigenvalue weighted by Gasteiger charge is -2.34. The van der Waals surface area contributed by atoms with Gasteiger partial charge in [-0.25, -0.2) is 4.79 Å². The number of nitrogens with zero attached hydrogens (tertiary/aromatic N) is 6. The van der Waals surface area contributed by atoms with E-state index >= 15 is 4.79 Å². The van der Waals surface area contributed by atoms with Gasteiger partial charge in [-0.3, -0.25) is 19.2 Å². The molecule has 1 atom stereocenters. The van der Waals surface area contributed by atoms with Gasteiger partial charge in [0.2, 0.25) is 5.91 Å². The first-order valence-corrected chi connectivity index (χ1v) is 20.1. The fourth-order valence-corrected chi connectivity index (χ4v) is 8.85. The third kappa shape index (κ3) is 7.11.